The Kier molecular flexibility index (Phi) is 2.87. The van der Waals surface area contributed by atoms with Crippen molar-refractivity contribution in [3.63, 3.8) is 0 Å². The van der Waals surface area contributed by atoms with E-state index in [9.17, 15) is 4.79 Å². The molecule has 1 amide bonds. The van der Waals surface area contributed by atoms with Crippen LogP contribution in [-0.4, -0.2) is 38.3 Å². The number of rotatable bonds is 5. The van der Waals surface area contributed by atoms with Crippen molar-refractivity contribution in [1.82, 2.24) is 10.6 Å². The van der Waals surface area contributed by atoms with Crippen LogP contribution in [0.25, 0.3) is 0 Å². The van der Waals surface area contributed by atoms with E-state index in [0.29, 0.717) is 5.41 Å². The number of nitrogens with one attached hydrogen (secondary N) is 2. The molecule has 2 atom stereocenters. The standard InChI is InChI=1S/C13H22N2O2/c1-17-10-6-11(14-7-10)12(16)15-8-13(4-5-13)9-2-3-9/h9-11,14H,2-8H2,1H3,(H,15,16). The van der Waals surface area contributed by atoms with Gasteiger partial charge >= 0.3 is 0 Å². The molecule has 2 unspecified atom stereocenters. The van der Waals surface area contributed by atoms with Gasteiger partial charge in [0.25, 0.3) is 0 Å². The van der Waals surface area contributed by atoms with Gasteiger partial charge < -0.3 is 15.4 Å². The van der Waals surface area contributed by atoms with Crippen molar-refractivity contribution in [3.8, 4) is 0 Å². The van der Waals surface area contributed by atoms with Crippen LogP contribution in [0.3, 0.4) is 0 Å². The number of ether oxygens (including phenoxy) is 1. The molecular weight excluding hydrogens is 216 g/mol. The normalized spacial score (nSPS) is 34.6. The molecular formula is C13H22N2O2. The average Bonchev–Trinajstić information content (AvgIpc) is 3.23. The van der Waals surface area contributed by atoms with Crippen LogP contribution in [0.2, 0.25) is 0 Å². The highest BCUT2D eigenvalue weighted by molar-refractivity contribution is 5.82. The van der Waals surface area contributed by atoms with E-state index >= 15 is 0 Å². The van der Waals surface area contributed by atoms with E-state index in [2.05, 4.69) is 10.6 Å². The molecule has 1 saturated heterocycles. The Balaban J connectivity index is 1.44. The molecule has 4 heteroatoms. The zero-order valence-electron chi connectivity index (χ0n) is 10.5. The number of carbonyl (C=O) groups is 1. The van der Waals surface area contributed by atoms with Gasteiger partial charge in [-0.05, 0) is 43.4 Å². The molecule has 0 aromatic heterocycles. The lowest BCUT2D eigenvalue weighted by Gasteiger charge is -2.17. The van der Waals surface area contributed by atoms with Gasteiger partial charge in [0.2, 0.25) is 5.91 Å². The Morgan fingerprint density at radius 3 is 2.76 bits per heavy atom. The van der Waals surface area contributed by atoms with Crippen LogP contribution in [0, 0.1) is 11.3 Å². The lowest BCUT2D eigenvalue weighted by atomic mass is 10.0. The monoisotopic (exact) mass is 238 g/mol. The highest BCUT2D eigenvalue weighted by Gasteiger charge is 2.53. The molecule has 0 aromatic carbocycles. The van der Waals surface area contributed by atoms with E-state index in [1.807, 2.05) is 0 Å². The molecule has 2 saturated carbocycles. The van der Waals surface area contributed by atoms with Crippen LogP contribution in [0.15, 0.2) is 0 Å². The van der Waals surface area contributed by atoms with Crippen LogP contribution < -0.4 is 10.6 Å². The third kappa shape index (κ3) is 2.33. The van der Waals surface area contributed by atoms with Crippen molar-refractivity contribution in [1.29, 1.82) is 0 Å². The summed E-state index contributed by atoms with van der Waals surface area (Å²) in [5, 5.41) is 6.36. The quantitative estimate of drug-likeness (QED) is 0.740. The van der Waals surface area contributed by atoms with E-state index in [-0.39, 0.29) is 18.1 Å². The van der Waals surface area contributed by atoms with E-state index in [1.165, 1.54) is 25.7 Å². The lowest BCUT2D eigenvalue weighted by Crippen LogP contribution is -2.42. The minimum atomic E-state index is -0.0463. The number of hydrogen-bond acceptors (Lipinski definition) is 3. The molecule has 1 aliphatic heterocycles. The lowest BCUT2D eigenvalue weighted by molar-refractivity contribution is -0.123. The Morgan fingerprint density at radius 2 is 2.24 bits per heavy atom. The molecule has 2 aliphatic carbocycles. The maximum absolute atomic E-state index is 12.0. The number of amides is 1. The molecule has 96 valence electrons. The smallest absolute Gasteiger partial charge is 0.237 e. The van der Waals surface area contributed by atoms with Crippen molar-refractivity contribution >= 4 is 5.91 Å². The van der Waals surface area contributed by atoms with Crippen molar-refractivity contribution in [2.24, 2.45) is 11.3 Å². The first-order valence-corrected chi connectivity index (χ1v) is 6.77. The average molecular weight is 238 g/mol. The summed E-state index contributed by atoms with van der Waals surface area (Å²) in [6.07, 6.45) is 6.39. The van der Waals surface area contributed by atoms with Crippen molar-refractivity contribution in [3.05, 3.63) is 0 Å². The summed E-state index contributed by atoms with van der Waals surface area (Å²) in [7, 11) is 1.71. The van der Waals surface area contributed by atoms with Crippen molar-refractivity contribution < 1.29 is 9.53 Å². The largest absolute Gasteiger partial charge is 0.380 e. The van der Waals surface area contributed by atoms with Gasteiger partial charge in [-0.2, -0.15) is 0 Å². The summed E-state index contributed by atoms with van der Waals surface area (Å²) >= 11 is 0. The fourth-order valence-electron chi connectivity index (χ4n) is 3.05. The number of hydrogen-bond donors (Lipinski definition) is 2. The summed E-state index contributed by atoms with van der Waals surface area (Å²) in [5.74, 6) is 1.07. The Morgan fingerprint density at radius 1 is 1.47 bits per heavy atom. The zero-order valence-corrected chi connectivity index (χ0v) is 10.5. The molecule has 0 radical (unpaired) electrons. The molecule has 17 heavy (non-hydrogen) atoms. The predicted octanol–water partition coefficient (Wildman–Crippen LogP) is 0.670. The van der Waals surface area contributed by atoms with Gasteiger partial charge in [0.15, 0.2) is 0 Å². The minimum absolute atomic E-state index is 0.0463. The fraction of sp³-hybridized carbons (Fsp3) is 0.923. The molecule has 1 heterocycles. The summed E-state index contributed by atoms with van der Waals surface area (Å²) in [5.41, 5.74) is 0.495. The van der Waals surface area contributed by atoms with Gasteiger partial charge in [-0.1, -0.05) is 0 Å². The van der Waals surface area contributed by atoms with Gasteiger partial charge in [0, 0.05) is 20.2 Å². The minimum Gasteiger partial charge on any atom is -0.380 e. The van der Waals surface area contributed by atoms with Crippen LogP contribution in [0.1, 0.15) is 32.1 Å². The first-order chi connectivity index (χ1) is 8.23. The van der Waals surface area contributed by atoms with Crippen LogP contribution in [0.5, 0.6) is 0 Å². The van der Waals surface area contributed by atoms with Gasteiger partial charge in [0.05, 0.1) is 12.1 Å². The molecule has 0 spiro atoms. The highest BCUT2D eigenvalue weighted by atomic mass is 16.5. The summed E-state index contributed by atoms with van der Waals surface area (Å²) in [4.78, 5) is 12.0. The molecule has 3 aliphatic rings. The van der Waals surface area contributed by atoms with Crippen LogP contribution >= 0.6 is 0 Å². The Bertz CT molecular complexity index is 311. The first-order valence-electron chi connectivity index (χ1n) is 6.77. The first kappa shape index (κ1) is 11.5. The highest BCUT2D eigenvalue weighted by Crippen LogP contribution is 2.60. The molecule has 4 nitrogen and oxygen atoms in total. The van der Waals surface area contributed by atoms with E-state index < -0.39 is 0 Å². The second-order valence-electron chi connectivity index (χ2n) is 5.91. The van der Waals surface area contributed by atoms with Crippen molar-refractivity contribution in [2.45, 2.75) is 44.2 Å². The maximum Gasteiger partial charge on any atom is 0.237 e. The zero-order chi connectivity index (χ0) is 11.9. The van der Waals surface area contributed by atoms with Crippen molar-refractivity contribution in [2.75, 3.05) is 20.2 Å². The van der Waals surface area contributed by atoms with Crippen LogP contribution in [-0.2, 0) is 9.53 Å². The Hall–Kier alpha value is -0.610. The summed E-state index contributed by atoms with van der Waals surface area (Å²) in [6, 6.07) is -0.0463. The van der Waals surface area contributed by atoms with Gasteiger partial charge in [-0.15, -0.1) is 0 Å². The van der Waals surface area contributed by atoms with Gasteiger partial charge in [0.1, 0.15) is 0 Å². The third-order valence-electron chi connectivity index (χ3n) is 4.69. The number of methoxy groups -OCH3 is 1. The van der Waals surface area contributed by atoms with Gasteiger partial charge in [-0.3, -0.25) is 4.79 Å². The summed E-state index contributed by atoms with van der Waals surface area (Å²) in [6.45, 7) is 1.69. The second kappa shape index (κ2) is 4.25. The third-order valence-corrected chi connectivity index (χ3v) is 4.69. The fourth-order valence-corrected chi connectivity index (χ4v) is 3.05. The molecule has 3 fully saturated rings. The topological polar surface area (TPSA) is 50.4 Å². The molecule has 0 bridgehead atoms. The van der Waals surface area contributed by atoms with Gasteiger partial charge in [-0.25, -0.2) is 0 Å². The second-order valence-corrected chi connectivity index (χ2v) is 5.91. The predicted molar refractivity (Wildman–Crippen MR) is 64.6 cm³/mol. The molecule has 3 rings (SSSR count). The number of carbonyl (C=O) groups excluding carboxylic acids is 1. The van der Waals surface area contributed by atoms with E-state index in [1.54, 1.807) is 7.11 Å². The SMILES string of the molecule is COC1CNC(C(=O)NCC2(C3CC3)CC2)C1. The van der Waals surface area contributed by atoms with E-state index in [0.717, 1.165) is 25.4 Å². The van der Waals surface area contributed by atoms with Crippen LogP contribution in [0.4, 0.5) is 0 Å². The Labute approximate surface area is 102 Å². The molecule has 2 N–H and O–H groups in total. The van der Waals surface area contributed by atoms with E-state index in [4.69, 9.17) is 4.74 Å². The molecule has 0 aromatic rings. The maximum atomic E-state index is 12.0. The summed E-state index contributed by atoms with van der Waals surface area (Å²) < 4.78 is 5.26.